The van der Waals surface area contributed by atoms with Gasteiger partial charge in [-0.1, -0.05) is 248 Å². The van der Waals surface area contributed by atoms with Crippen LogP contribution in [0.2, 0.25) is 0 Å². The fourth-order valence-electron chi connectivity index (χ4n) is 16.1. The predicted molar refractivity (Wildman–Crippen MR) is 422 cm³/mol. The molecular formula is C93H71BN6. The summed E-state index contributed by atoms with van der Waals surface area (Å²) in [5.41, 5.74) is 28.6. The summed E-state index contributed by atoms with van der Waals surface area (Å²) in [5.74, 6) is 0. The maximum absolute atomic E-state index is 11.7. The Labute approximate surface area is 584 Å². The van der Waals surface area contributed by atoms with Gasteiger partial charge in [-0.05, 0) is 170 Å². The smallest absolute Gasteiger partial charge is 0.252 e. The van der Waals surface area contributed by atoms with E-state index in [-0.39, 0.29) is 17.5 Å². The van der Waals surface area contributed by atoms with E-state index in [1.165, 1.54) is 43.6 Å². The van der Waals surface area contributed by atoms with Crippen LogP contribution >= 0.6 is 0 Å². The first kappa shape index (κ1) is 60.1. The summed E-state index contributed by atoms with van der Waals surface area (Å²) in [6.07, 6.45) is 0. The molecule has 0 saturated carbocycles. The number of nitriles is 1. The van der Waals surface area contributed by atoms with Crippen molar-refractivity contribution in [2.45, 2.75) is 52.4 Å². The van der Waals surface area contributed by atoms with Gasteiger partial charge in [-0.25, -0.2) is 0 Å². The fraction of sp³-hybridized carbons (Fsp3) is 0.0860. The van der Waals surface area contributed by atoms with Crippen LogP contribution in [-0.4, -0.2) is 15.8 Å². The summed E-state index contributed by atoms with van der Waals surface area (Å²) in [7, 11) is 0. The lowest BCUT2D eigenvalue weighted by Gasteiger charge is -2.45. The van der Waals surface area contributed by atoms with Gasteiger partial charge in [0.05, 0.1) is 45.1 Å². The van der Waals surface area contributed by atoms with E-state index in [9.17, 15) is 5.26 Å². The van der Waals surface area contributed by atoms with Gasteiger partial charge in [0.2, 0.25) is 0 Å². The number of hydrogen-bond donors (Lipinski definition) is 0. The Balaban J connectivity index is 0.975. The number of benzene rings is 14. The molecule has 0 fully saturated rings. The highest BCUT2D eigenvalue weighted by molar-refractivity contribution is 7.00. The highest BCUT2D eigenvalue weighted by Crippen LogP contribution is 2.52. The summed E-state index contributed by atoms with van der Waals surface area (Å²) in [4.78, 5) is 7.55. The van der Waals surface area contributed by atoms with Crippen molar-refractivity contribution >= 4 is 118 Å². The molecule has 16 aromatic rings. The van der Waals surface area contributed by atoms with Crippen molar-refractivity contribution < 1.29 is 0 Å². The monoisotopic (exact) mass is 1280 g/mol. The molecule has 0 radical (unpaired) electrons. The van der Waals surface area contributed by atoms with Gasteiger partial charge in [-0.15, -0.1) is 0 Å². The summed E-state index contributed by atoms with van der Waals surface area (Å²) in [6, 6.07) is 121. The van der Waals surface area contributed by atoms with E-state index >= 15 is 0 Å². The molecule has 0 unspecified atom stereocenters. The molecule has 0 bridgehead atoms. The van der Waals surface area contributed by atoms with Crippen molar-refractivity contribution in [1.29, 1.82) is 5.26 Å². The summed E-state index contributed by atoms with van der Waals surface area (Å²) < 4.78 is 4.81. The van der Waals surface area contributed by atoms with Gasteiger partial charge in [-0.3, -0.25) is 0 Å². The molecule has 0 N–H and O–H groups in total. The van der Waals surface area contributed by atoms with Crippen LogP contribution in [0.1, 0.15) is 58.2 Å². The lowest BCUT2D eigenvalue weighted by molar-refractivity contribution is 0.590. The van der Waals surface area contributed by atoms with Crippen molar-refractivity contribution in [2.75, 3.05) is 14.7 Å². The van der Waals surface area contributed by atoms with Crippen molar-refractivity contribution in [3.05, 3.63) is 338 Å². The molecule has 6 nitrogen and oxygen atoms in total. The van der Waals surface area contributed by atoms with E-state index in [2.05, 4.69) is 387 Å². The predicted octanol–water partition coefficient (Wildman–Crippen LogP) is 22.9. The molecule has 2 aliphatic heterocycles. The van der Waals surface area contributed by atoms with Crippen molar-refractivity contribution in [3.63, 3.8) is 0 Å². The van der Waals surface area contributed by atoms with Crippen molar-refractivity contribution in [3.8, 4) is 50.8 Å². The molecule has 100 heavy (non-hydrogen) atoms. The average molecular weight is 1280 g/mol. The minimum absolute atomic E-state index is 0.0403. The van der Waals surface area contributed by atoms with Crippen LogP contribution in [0.5, 0.6) is 0 Å². The Morgan fingerprint density at radius 1 is 0.310 bits per heavy atom. The van der Waals surface area contributed by atoms with E-state index in [4.69, 9.17) is 0 Å². The van der Waals surface area contributed by atoms with Gasteiger partial charge in [0, 0.05) is 89.4 Å². The first-order valence-electron chi connectivity index (χ1n) is 34.7. The molecule has 14 aromatic carbocycles. The Morgan fingerprint density at radius 2 is 0.690 bits per heavy atom. The molecular weight excluding hydrogens is 1210 g/mol. The van der Waals surface area contributed by atoms with Gasteiger partial charge in [0.1, 0.15) is 0 Å². The van der Waals surface area contributed by atoms with Gasteiger partial charge < -0.3 is 23.8 Å². The van der Waals surface area contributed by atoms with Gasteiger partial charge >= 0.3 is 0 Å². The fourth-order valence-corrected chi connectivity index (χ4v) is 16.1. The van der Waals surface area contributed by atoms with Crippen LogP contribution in [-0.2, 0) is 10.8 Å². The molecule has 18 rings (SSSR count). The Hall–Kier alpha value is -12.4. The lowest BCUT2D eigenvalue weighted by atomic mass is 9.33. The Kier molecular flexibility index (Phi) is 14.1. The number of fused-ring (bicyclic) bond motifs is 10. The minimum atomic E-state index is -0.282. The molecule has 4 heterocycles. The Bertz CT molecular complexity index is 5800. The second-order valence-electron chi connectivity index (χ2n) is 28.8. The molecule has 0 aliphatic carbocycles. The third-order valence-electron chi connectivity index (χ3n) is 20.9. The minimum Gasteiger partial charge on any atom is -0.311 e. The topological polar surface area (TPSA) is 43.4 Å². The SMILES string of the molecule is CC(C)(C)c1ccc(N(c2ccc(C(C)(C)C)cc2)c2ccc3c(c2)N(c2ccccc2-c2ccccc2)c2cc(-c4cc(-n5c6ccccc6c6ccccc65)ccc4C#N)cc4c2B3c2ccc(-n3c5ccccc5c5ccccc53)cc2N4c2ccccc2-c2ccccc2)cc1. The third-order valence-corrected chi connectivity index (χ3v) is 20.9. The van der Waals surface area contributed by atoms with Crippen LogP contribution in [0.4, 0.5) is 51.2 Å². The zero-order valence-electron chi connectivity index (χ0n) is 56.9. The zero-order valence-corrected chi connectivity index (χ0v) is 56.9. The number of hydrogen-bond acceptors (Lipinski definition) is 4. The number of anilines is 9. The summed E-state index contributed by atoms with van der Waals surface area (Å²) in [5, 5.41) is 16.4. The number of para-hydroxylation sites is 6. The van der Waals surface area contributed by atoms with E-state index in [1.54, 1.807) is 0 Å². The molecule has 476 valence electrons. The normalized spacial score (nSPS) is 12.6. The summed E-state index contributed by atoms with van der Waals surface area (Å²) >= 11 is 0. The zero-order chi connectivity index (χ0) is 67.5. The summed E-state index contributed by atoms with van der Waals surface area (Å²) in [6.45, 7) is 13.4. The molecule has 0 amide bonds. The second-order valence-corrected chi connectivity index (χ2v) is 28.8. The van der Waals surface area contributed by atoms with Crippen LogP contribution in [0.15, 0.2) is 322 Å². The van der Waals surface area contributed by atoms with E-state index in [1.807, 2.05) is 6.07 Å². The van der Waals surface area contributed by atoms with Crippen LogP contribution in [0, 0.1) is 11.3 Å². The quantitative estimate of drug-likeness (QED) is 0.128. The second kappa shape index (κ2) is 23.4. The third kappa shape index (κ3) is 9.76. The van der Waals surface area contributed by atoms with E-state index in [0.717, 1.165) is 123 Å². The van der Waals surface area contributed by atoms with Crippen molar-refractivity contribution in [2.24, 2.45) is 0 Å². The molecule has 2 aromatic heterocycles. The highest BCUT2D eigenvalue weighted by Gasteiger charge is 2.45. The van der Waals surface area contributed by atoms with E-state index < -0.39 is 0 Å². The maximum Gasteiger partial charge on any atom is 0.252 e. The average Bonchev–Trinajstić information content (AvgIpc) is 0.769. The molecule has 0 saturated heterocycles. The molecule has 7 heteroatoms. The molecule has 2 aliphatic rings. The maximum atomic E-state index is 11.7. The van der Waals surface area contributed by atoms with Crippen molar-refractivity contribution in [1.82, 2.24) is 9.13 Å². The highest BCUT2D eigenvalue weighted by atomic mass is 15.2. The first-order chi connectivity index (χ1) is 48.9. The standard InChI is InChI=1S/C93H71BN6/c1-92(2,3)65-42-47-67(48-43-65)96(68-49-44-66(45-50-68)93(4,5)6)70-51-53-79-87(58-70)99(81-35-19-13-29-72(81)61-25-9-7-10-26-61)89-55-64(78-57-69(46-41-63(78)60-95)97-83-37-21-15-31-74(83)75-32-16-22-38-84(75)97)56-90-91(89)94(79)80-54-52-71(98-85-39-23-17-33-76(85)77-34-18-24-40-86(77)98)59-88(80)100(90)82-36-20-14-30-73(82)62-27-11-8-12-28-62/h7-59H,1-6H3. The van der Waals surface area contributed by atoms with Gasteiger partial charge in [-0.2, -0.15) is 5.26 Å². The first-order valence-corrected chi connectivity index (χ1v) is 34.7. The largest absolute Gasteiger partial charge is 0.311 e. The van der Waals surface area contributed by atoms with Crippen LogP contribution in [0.3, 0.4) is 0 Å². The van der Waals surface area contributed by atoms with Gasteiger partial charge in [0.15, 0.2) is 0 Å². The number of nitrogens with zero attached hydrogens (tertiary/aromatic N) is 6. The Morgan fingerprint density at radius 3 is 1.14 bits per heavy atom. The number of aromatic nitrogens is 2. The van der Waals surface area contributed by atoms with Crippen LogP contribution < -0.4 is 31.1 Å². The lowest BCUT2D eigenvalue weighted by Crippen LogP contribution is -2.61. The molecule has 0 spiro atoms. The van der Waals surface area contributed by atoms with Crippen LogP contribution in [0.25, 0.3) is 88.4 Å². The van der Waals surface area contributed by atoms with E-state index in [0.29, 0.717) is 5.56 Å². The molecule has 0 atom stereocenters. The number of rotatable bonds is 10. The van der Waals surface area contributed by atoms with Gasteiger partial charge in [0.25, 0.3) is 6.71 Å².